The van der Waals surface area contributed by atoms with Gasteiger partial charge in [0.15, 0.2) is 0 Å². The van der Waals surface area contributed by atoms with Gasteiger partial charge in [-0.1, -0.05) is 12.1 Å². The van der Waals surface area contributed by atoms with Crippen molar-refractivity contribution in [1.82, 2.24) is 5.32 Å². The van der Waals surface area contributed by atoms with Crippen LogP contribution >= 0.6 is 0 Å². The van der Waals surface area contributed by atoms with Crippen molar-refractivity contribution >= 4 is 21.6 Å². The summed E-state index contributed by atoms with van der Waals surface area (Å²) >= 11 is 0. The number of rotatable bonds is 10. The summed E-state index contributed by atoms with van der Waals surface area (Å²) < 4.78 is 51.3. The van der Waals surface area contributed by atoms with E-state index >= 15 is 0 Å². The van der Waals surface area contributed by atoms with Gasteiger partial charge in [0, 0.05) is 20.3 Å². The second-order valence-electron chi connectivity index (χ2n) is 5.83. The van der Waals surface area contributed by atoms with Crippen molar-refractivity contribution in [3.8, 4) is 5.75 Å². The van der Waals surface area contributed by atoms with Crippen molar-refractivity contribution in [3.05, 3.63) is 54.3 Å². The maximum absolute atomic E-state index is 14.3. The Balaban J connectivity index is 2.32. The lowest BCUT2D eigenvalue weighted by Gasteiger charge is -2.24. The second kappa shape index (κ2) is 10.0. The van der Waals surface area contributed by atoms with Crippen molar-refractivity contribution in [2.45, 2.75) is 11.3 Å². The van der Waals surface area contributed by atoms with Crippen LogP contribution in [0.15, 0.2) is 53.4 Å². The van der Waals surface area contributed by atoms with Gasteiger partial charge in [-0.05, 0) is 42.8 Å². The summed E-state index contributed by atoms with van der Waals surface area (Å²) in [5, 5.41) is 2.61. The number of nitrogens with zero attached hydrogens (tertiary/aromatic N) is 1. The third-order valence-electron chi connectivity index (χ3n) is 3.90. The minimum absolute atomic E-state index is 0.0799. The molecule has 2 rings (SSSR count). The summed E-state index contributed by atoms with van der Waals surface area (Å²) in [6.45, 7) is 0.226. The molecule has 152 valence electrons. The first-order chi connectivity index (χ1) is 13.4. The van der Waals surface area contributed by atoms with E-state index in [2.05, 4.69) is 5.32 Å². The number of sulfonamides is 1. The monoisotopic (exact) mass is 410 g/mol. The zero-order valence-electron chi connectivity index (χ0n) is 15.7. The number of amides is 1. The molecule has 0 fully saturated rings. The van der Waals surface area contributed by atoms with Gasteiger partial charge in [0.25, 0.3) is 10.0 Å². The van der Waals surface area contributed by atoms with Crippen LogP contribution in [0.25, 0.3) is 0 Å². The fraction of sp³-hybridized carbons (Fsp3) is 0.316. The van der Waals surface area contributed by atoms with Crippen LogP contribution < -0.4 is 14.4 Å². The molecule has 28 heavy (non-hydrogen) atoms. The zero-order chi connectivity index (χ0) is 20.6. The van der Waals surface area contributed by atoms with Crippen molar-refractivity contribution in [1.29, 1.82) is 0 Å². The molecule has 0 heterocycles. The fourth-order valence-electron chi connectivity index (χ4n) is 2.46. The van der Waals surface area contributed by atoms with Crippen LogP contribution in [0.3, 0.4) is 0 Å². The van der Waals surface area contributed by atoms with Crippen molar-refractivity contribution < 1.29 is 27.1 Å². The molecule has 0 aromatic heterocycles. The lowest BCUT2D eigenvalue weighted by molar-refractivity contribution is -0.119. The summed E-state index contributed by atoms with van der Waals surface area (Å²) in [7, 11) is -1.17. The molecule has 0 spiro atoms. The average molecular weight is 410 g/mol. The minimum Gasteiger partial charge on any atom is -0.497 e. The highest BCUT2D eigenvalue weighted by atomic mass is 32.2. The van der Waals surface area contributed by atoms with Gasteiger partial charge in [-0.2, -0.15) is 0 Å². The molecule has 0 bridgehead atoms. The summed E-state index contributed by atoms with van der Waals surface area (Å²) in [5.74, 6) is -0.810. The van der Waals surface area contributed by atoms with Crippen LogP contribution in [0.5, 0.6) is 5.75 Å². The maximum atomic E-state index is 14.3. The Morgan fingerprint density at radius 2 is 1.79 bits per heavy atom. The van der Waals surface area contributed by atoms with Crippen molar-refractivity contribution in [3.63, 3.8) is 0 Å². The van der Waals surface area contributed by atoms with Crippen molar-refractivity contribution in [2.75, 3.05) is 38.2 Å². The minimum atomic E-state index is -4.18. The topological polar surface area (TPSA) is 84.9 Å². The predicted molar refractivity (Wildman–Crippen MR) is 103 cm³/mol. The number of methoxy groups -OCH3 is 2. The number of carbonyl (C=O) groups excluding carboxylic acids is 1. The molecule has 7 nitrogen and oxygen atoms in total. The smallest absolute Gasteiger partial charge is 0.264 e. The number of hydrogen-bond acceptors (Lipinski definition) is 5. The second-order valence-corrected chi connectivity index (χ2v) is 7.70. The molecule has 1 amide bonds. The first-order valence-corrected chi connectivity index (χ1v) is 10.0. The van der Waals surface area contributed by atoms with E-state index in [0.29, 0.717) is 25.3 Å². The maximum Gasteiger partial charge on any atom is 0.264 e. The van der Waals surface area contributed by atoms with E-state index in [1.165, 1.54) is 49.6 Å². The van der Waals surface area contributed by atoms with Crippen LogP contribution in [0.1, 0.15) is 6.42 Å². The lowest BCUT2D eigenvalue weighted by atomic mass is 10.3. The normalized spacial score (nSPS) is 11.1. The number of anilines is 1. The number of benzene rings is 2. The van der Waals surface area contributed by atoms with Crippen LogP contribution in [-0.2, 0) is 19.6 Å². The number of hydrogen-bond donors (Lipinski definition) is 1. The molecule has 0 aliphatic carbocycles. The summed E-state index contributed by atoms with van der Waals surface area (Å²) in [4.78, 5) is 12.2. The van der Waals surface area contributed by atoms with E-state index in [-0.39, 0.29) is 10.6 Å². The standard InChI is InChI=1S/C19H23FN2O5S/c1-26-13-5-12-21-19(23)14-22(18-7-4-3-6-17(18)20)28(24,25)16-10-8-15(27-2)9-11-16/h3-4,6-11H,5,12-14H2,1-2H3,(H,21,23). The van der Waals surface area contributed by atoms with E-state index in [1.54, 1.807) is 7.11 Å². The summed E-state index contributed by atoms with van der Waals surface area (Å²) in [5.41, 5.74) is -0.203. The molecular weight excluding hydrogens is 387 g/mol. The molecule has 0 saturated heterocycles. The first-order valence-electron chi connectivity index (χ1n) is 8.57. The molecule has 0 saturated carbocycles. The zero-order valence-corrected chi connectivity index (χ0v) is 16.5. The number of nitrogens with one attached hydrogen (secondary N) is 1. The fourth-order valence-corrected chi connectivity index (χ4v) is 3.89. The molecule has 2 aromatic carbocycles. The Morgan fingerprint density at radius 1 is 1.11 bits per heavy atom. The van der Waals surface area contributed by atoms with E-state index in [0.717, 1.165) is 10.4 Å². The van der Waals surface area contributed by atoms with Gasteiger partial charge in [-0.15, -0.1) is 0 Å². The Bertz CT molecular complexity index is 887. The molecule has 0 radical (unpaired) electrons. The van der Waals surface area contributed by atoms with Crippen LogP contribution in [-0.4, -0.2) is 48.2 Å². The van der Waals surface area contributed by atoms with Gasteiger partial charge in [0.2, 0.25) is 5.91 Å². The average Bonchev–Trinajstić information content (AvgIpc) is 2.70. The molecule has 1 N–H and O–H groups in total. The van der Waals surface area contributed by atoms with Crippen LogP contribution in [0, 0.1) is 5.82 Å². The molecule has 0 aliphatic heterocycles. The quantitative estimate of drug-likeness (QED) is 0.607. The molecule has 0 aliphatic rings. The number of carbonyl (C=O) groups is 1. The van der Waals surface area contributed by atoms with E-state index in [9.17, 15) is 17.6 Å². The number of halogens is 1. The molecule has 2 aromatic rings. The highest BCUT2D eigenvalue weighted by Crippen LogP contribution is 2.27. The van der Waals surface area contributed by atoms with E-state index in [4.69, 9.17) is 9.47 Å². The Labute approximate surface area is 164 Å². The summed E-state index contributed by atoms with van der Waals surface area (Å²) in [6, 6.07) is 11.1. The SMILES string of the molecule is COCCCNC(=O)CN(c1ccccc1F)S(=O)(=O)c1ccc(OC)cc1. The number of ether oxygens (including phenoxy) is 2. The van der Waals surface area contributed by atoms with E-state index in [1.807, 2.05) is 0 Å². The largest absolute Gasteiger partial charge is 0.497 e. The highest BCUT2D eigenvalue weighted by Gasteiger charge is 2.29. The van der Waals surface area contributed by atoms with E-state index < -0.39 is 28.3 Å². The van der Waals surface area contributed by atoms with Crippen LogP contribution in [0.4, 0.5) is 10.1 Å². The van der Waals surface area contributed by atoms with Gasteiger partial charge in [-0.3, -0.25) is 9.10 Å². The first kappa shape index (κ1) is 21.6. The Morgan fingerprint density at radius 3 is 2.39 bits per heavy atom. The number of para-hydroxylation sites is 1. The Hall–Kier alpha value is -2.65. The van der Waals surface area contributed by atoms with Crippen molar-refractivity contribution in [2.24, 2.45) is 0 Å². The molecule has 0 atom stereocenters. The Kier molecular flexibility index (Phi) is 7.77. The van der Waals surface area contributed by atoms with Gasteiger partial charge in [0.1, 0.15) is 18.1 Å². The highest BCUT2D eigenvalue weighted by molar-refractivity contribution is 7.92. The van der Waals surface area contributed by atoms with Crippen LogP contribution in [0.2, 0.25) is 0 Å². The van der Waals surface area contributed by atoms with Gasteiger partial charge < -0.3 is 14.8 Å². The predicted octanol–water partition coefficient (Wildman–Crippen LogP) is 2.18. The lowest BCUT2D eigenvalue weighted by Crippen LogP contribution is -2.41. The molecule has 9 heteroatoms. The molecule has 0 unspecified atom stereocenters. The third kappa shape index (κ3) is 5.43. The summed E-state index contributed by atoms with van der Waals surface area (Å²) in [6.07, 6.45) is 0.577. The van der Waals surface area contributed by atoms with Gasteiger partial charge in [-0.25, -0.2) is 12.8 Å². The van der Waals surface area contributed by atoms with Gasteiger partial charge >= 0.3 is 0 Å². The van der Waals surface area contributed by atoms with Gasteiger partial charge in [0.05, 0.1) is 17.7 Å². The molecular formula is C19H23FN2O5S. The third-order valence-corrected chi connectivity index (χ3v) is 5.68.